The quantitative estimate of drug-likeness (QED) is 0.866. The SMILES string of the molecule is CC(CBr)CNC(=O)C1CSc2ccccc21. The zero-order valence-corrected chi connectivity index (χ0v) is 12.2. The van der Waals surface area contributed by atoms with Gasteiger partial charge in [-0.1, -0.05) is 41.1 Å². The number of nitrogens with one attached hydrogen (secondary N) is 1. The Morgan fingerprint density at radius 3 is 3.12 bits per heavy atom. The summed E-state index contributed by atoms with van der Waals surface area (Å²) in [4.78, 5) is 13.3. The maximum absolute atomic E-state index is 12.1. The molecule has 1 aliphatic heterocycles. The summed E-state index contributed by atoms with van der Waals surface area (Å²) < 4.78 is 0. The summed E-state index contributed by atoms with van der Waals surface area (Å²) >= 11 is 5.19. The third-order valence-electron chi connectivity index (χ3n) is 2.90. The fraction of sp³-hybridized carbons (Fsp3) is 0.462. The van der Waals surface area contributed by atoms with Gasteiger partial charge in [0.05, 0.1) is 5.92 Å². The van der Waals surface area contributed by atoms with E-state index in [-0.39, 0.29) is 11.8 Å². The lowest BCUT2D eigenvalue weighted by Gasteiger charge is -2.14. The van der Waals surface area contributed by atoms with Gasteiger partial charge in [-0.25, -0.2) is 0 Å². The van der Waals surface area contributed by atoms with E-state index in [1.165, 1.54) is 10.5 Å². The predicted octanol–water partition coefficient (Wildman–Crippen LogP) is 3.02. The van der Waals surface area contributed by atoms with Crippen molar-refractivity contribution in [3.63, 3.8) is 0 Å². The van der Waals surface area contributed by atoms with Crippen LogP contribution in [0.3, 0.4) is 0 Å². The highest BCUT2D eigenvalue weighted by molar-refractivity contribution is 9.09. The lowest BCUT2D eigenvalue weighted by Crippen LogP contribution is -2.33. The molecular weight excluding hydrogens is 298 g/mol. The van der Waals surface area contributed by atoms with Crippen LogP contribution in [0.1, 0.15) is 18.4 Å². The average Bonchev–Trinajstić information content (AvgIpc) is 2.79. The Morgan fingerprint density at radius 1 is 1.59 bits per heavy atom. The van der Waals surface area contributed by atoms with Gasteiger partial charge >= 0.3 is 0 Å². The van der Waals surface area contributed by atoms with Gasteiger partial charge in [-0.3, -0.25) is 4.79 Å². The zero-order valence-electron chi connectivity index (χ0n) is 9.78. The van der Waals surface area contributed by atoms with Crippen LogP contribution >= 0.6 is 27.7 Å². The van der Waals surface area contributed by atoms with E-state index >= 15 is 0 Å². The van der Waals surface area contributed by atoms with Crippen molar-refractivity contribution in [3.8, 4) is 0 Å². The first-order valence-electron chi connectivity index (χ1n) is 5.77. The minimum Gasteiger partial charge on any atom is -0.355 e. The van der Waals surface area contributed by atoms with E-state index in [4.69, 9.17) is 0 Å². The molecule has 0 radical (unpaired) electrons. The number of carbonyl (C=O) groups is 1. The zero-order chi connectivity index (χ0) is 12.3. The summed E-state index contributed by atoms with van der Waals surface area (Å²) in [7, 11) is 0. The molecule has 1 amide bonds. The Kier molecular flexibility index (Phi) is 4.51. The molecule has 0 spiro atoms. The van der Waals surface area contributed by atoms with Crippen molar-refractivity contribution in [2.24, 2.45) is 5.92 Å². The number of hydrogen-bond donors (Lipinski definition) is 1. The predicted molar refractivity (Wildman–Crippen MR) is 75.9 cm³/mol. The number of halogens is 1. The Hall–Kier alpha value is -0.480. The monoisotopic (exact) mass is 313 g/mol. The molecule has 1 N–H and O–H groups in total. The van der Waals surface area contributed by atoms with E-state index < -0.39 is 0 Å². The molecule has 92 valence electrons. The molecule has 2 nitrogen and oxygen atoms in total. The van der Waals surface area contributed by atoms with E-state index in [1.54, 1.807) is 11.8 Å². The van der Waals surface area contributed by atoms with Gasteiger partial charge in [0.2, 0.25) is 5.91 Å². The lowest BCUT2D eigenvalue weighted by atomic mass is 10.0. The first-order valence-corrected chi connectivity index (χ1v) is 7.88. The maximum atomic E-state index is 12.1. The highest BCUT2D eigenvalue weighted by atomic mass is 79.9. The van der Waals surface area contributed by atoms with Gasteiger partial charge in [-0.05, 0) is 17.5 Å². The van der Waals surface area contributed by atoms with Gasteiger partial charge in [0.1, 0.15) is 0 Å². The minimum absolute atomic E-state index is 0.0266. The molecule has 2 rings (SSSR count). The molecule has 0 bridgehead atoms. The van der Waals surface area contributed by atoms with E-state index in [2.05, 4.69) is 40.3 Å². The van der Waals surface area contributed by atoms with Crippen molar-refractivity contribution >= 4 is 33.6 Å². The topological polar surface area (TPSA) is 29.1 Å². The summed E-state index contributed by atoms with van der Waals surface area (Å²) in [5, 5.41) is 3.95. The maximum Gasteiger partial charge on any atom is 0.228 e. The van der Waals surface area contributed by atoms with Crippen molar-refractivity contribution in [2.45, 2.75) is 17.7 Å². The minimum atomic E-state index is 0.0266. The van der Waals surface area contributed by atoms with Gasteiger partial charge < -0.3 is 5.32 Å². The van der Waals surface area contributed by atoms with Crippen LogP contribution < -0.4 is 5.32 Å². The molecular formula is C13H16BrNOS. The van der Waals surface area contributed by atoms with Gasteiger partial charge in [-0.2, -0.15) is 0 Å². The van der Waals surface area contributed by atoms with Crippen molar-refractivity contribution in [1.82, 2.24) is 5.32 Å². The van der Waals surface area contributed by atoms with Crippen molar-refractivity contribution < 1.29 is 4.79 Å². The molecule has 0 aromatic heterocycles. The number of alkyl halides is 1. The highest BCUT2D eigenvalue weighted by Gasteiger charge is 2.28. The van der Waals surface area contributed by atoms with Crippen LogP contribution in [0, 0.1) is 5.92 Å². The van der Waals surface area contributed by atoms with Crippen LogP contribution in [0.2, 0.25) is 0 Å². The second-order valence-corrected chi connectivity index (χ2v) is 6.12. The Labute approximate surface area is 115 Å². The van der Waals surface area contributed by atoms with Crippen LogP contribution in [0.15, 0.2) is 29.2 Å². The third kappa shape index (κ3) is 3.05. The molecule has 1 aliphatic rings. The third-order valence-corrected chi connectivity index (χ3v) is 5.19. The molecule has 1 aromatic rings. The molecule has 0 fully saturated rings. The second kappa shape index (κ2) is 5.91. The normalized spacial score (nSPS) is 19.8. The van der Waals surface area contributed by atoms with E-state index in [9.17, 15) is 4.79 Å². The van der Waals surface area contributed by atoms with Crippen LogP contribution in [0.25, 0.3) is 0 Å². The number of carbonyl (C=O) groups excluding carboxylic acids is 1. The molecule has 0 saturated heterocycles. The highest BCUT2D eigenvalue weighted by Crippen LogP contribution is 2.39. The summed E-state index contributed by atoms with van der Waals surface area (Å²) in [6.45, 7) is 2.86. The van der Waals surface area contributed by atoms with Crippen molar-refractivity contribution in [1.29, 1.82) is 0 Å². The smallest absolute Gasteiger partial charge is 0.228 e. The van der Waals surface area contributed by atoms with Gasteiger partial charge in [0.25, 0.3) is 0 Å². The summed E-state index contributed by atoms with van der Waals surface area (Å²) in [5.74, 6) is 1.53. The van der Waals surface area contributed by atoms with Crippen LogP contribution in [-0.4, -0.2) is 23.5 Å². The molecule has 0 saturated carbocycles. The van der Waals surface area contributed by atoms with Crippen LogP contribution in [0.5, 0.6) is 0 Å². The average molecular weight is 314 g/mol. The summed E-state index contributed by atoms with van der Waals surface area (Å²) in [5.41, 5.74) is 1.18. The fourth-order valence-corrected chi connectivity index (χ4v) is 3.29. The Morgan fingerprint density at radius 2 is 2.35 bits per heavy atom. The van der Waals surface area contributed by atoms with Gasteiger partial charge in [0.15, 0.2) is 0 Å². The Balaban J connectivity index is 1.98. The van der Waals surface area contributed by atoms with E-state index in [1.807, 2.05) is 12.1 Å². The van der Waals surface area contributed by atoms with Crippen molar-refractivity contribution in [2.75, 3.05) is 17.6 Å². The van der Waals surface area contributed by atoms with E-state index in [0.29, 0.717) is 5.92 Å². The number of hydrogen-bond acceptors (Lipinski definition) is 2. The molecule has 17 heavy (non-hydrogen) atoms. The van der Waals surface area contributed by atoms with Crippen LogP contribution in [-0.2, 0) is 4.79 Å². The molecule has 0 aliphatic carbocycles. The number of rotatable bonds is 4. The first kappa shape index (κ1) is 13.0. The molecule has 2 unspecified atom stereocenters. The second-order valence-electron chi connectivity index (χ2n) is 4.41. The summed E-state index contributed by atoms with van der Waals surface area (Å²) in [6, 6.07) is 8.19. The first-order chi connectivity index (χ1) is 8.22. The van der Waals surface area contributed by atoms with Gasteiger partial charge in [0, 0.05) is 22.5 Å². The fourth-order valence-electron chi connectivity index (χ4n) is 1.83. The molecule has 4 heteroatoms. The summed E-state index contributed by atoms with van der Waals surface area (Å²) in [6.07, 6.45) is 0. The van der Waals surface area contributed by atoms with E-state index in [0.717, 1.165) is 17.6 Å². The van der Waals surface area contributed by atoms with Crippen LogP contribution in [0.4, 0.5) is 0 Å². The molecule has 1 aromatic carbocycles. The largest absolute Gasteiger partial charge is 0.355 e. The number of benzene rings is 1. The number of fused-ring (bicyclic) bond motifs is 1. The molecule has 2 atom stereocenters. The molecule has 1 heterocycles. The standard InChI is InChI=1S/C13H16BrNOS/c1-9(6-14)7-15-13(16)11-8-17-12-5-3-2-4-10(11)12/h2-5,9,11H,6-8H2,1H3,(H,15,16). The number of amides is 1. The van der Waals surface area contributed by atoms with Gasteiger partial charge in [-0.15, -0.1) is 11.8 Å². The van der Waals surface area contributed by atoms with Crippen molar-refractivity contribution in [3.05, 3.63) is 29.8 Å². The lowest BCUT2D eigenvalue weighted by molar-refractivity contribution is -0.122. The Bertz CT molecular complexity index is 410. The number of thioether (sulfide) groups is 1.